The van der Waals surface area contributed by atoms with E-state index in [4.69, 9.17) is 25.8 Å². The highest BCUT2D eigenvalue weighted by molar-refractivity contribution is 6.32. The third-order valence-electron chi connectivity index (χ3n) is 5.98. The summed E-state index contributed by atoms with van der Waals surface area (Å²) in [5, 5.41) is 0.385. The second-order valence-corrected chi connectivity index (χ2v) is 9.01. The number of hydrogen-bond acceptors (Lipinski definition) is 6. The van der Waals surface area contributed by atoms with E-state index in [-0.39, 0.29) is 34.8 Å². The zero-order valence-corrected chi connectivity index (χ0v) is 19.7. The van der Waals surface area contributed by atoms with E-state index in [1.807, 2.05) is 4.57 Å². The Kier molecular flexibility index (Phi) is 6.65. The lowest BCUT2D eigenvalue weighted by Gasteiger charge is -2.24. The van der Waals surface area contributed by atoms with Gasteiger partial charge in [-0.15, -0.1) is 0 Å². The molecule has 1 saturated heterocycles. The Morgan fingerprint density at radius 1 is 1.24 bits per heavy atom. The van der Waals surface area contributed by atoms with Crippen LogP contribution in [0.2, 0.25) is 5.02 Å². The zero-order chi connectivity index (χ0) is 23.7. The van der Waals surface area contributed by atoms with Crippen molar-refractivity contribution in [1.29, 1.82) is 0 Å². The molecule has 0 spiro atoms. The van der Waals surface area contributed by atoms with Crippen LogP contribution in [0, 0.1) is 5.92 Å². The second kappa shape index (κ2) is 9.47. The van der Waals surface area contributed by atoms with Gasteiger partial charge in [-0.1, -0.05) is 25.4 Å². The monoisotopic (exact) mass is 474 g/mol. The molecule has 0 radical (unpaired) electrons. The molecule has 1 atom stereocenters. The Balaban J connectivity index is 1.61. The van der Waals surface area contributed by atoms with E-state index in [9.17, 15) is 14.4 Å². The number of fused-ring (bicyclic) bond motifs is 3. The Morgan fingerprint density at radius 3 is 2.70 bits per heavy atom. The minimum atomic E-state index is -0.332. The predicted molar refractivity (Wildman–Crippen MR) is 124 cm³/mol. The van der Waals surface area contributed by atoms with Crippen molar-refractivity contribution in [3.05, 3.63) is 45.2 Å². The molecular formula is C24H27ClN2O6. The smallest absolute Gasteiger partial charge is 0.409 e. The van der Waals surface area contributed by atoms with Gasteiger partial charge in [-0.25, -0.2) is 4.79 Å². The summed E-state index contributed by atoms with van der Waals surface area (Å²) in [4.78, 5) is 37.8. The third-order valence-corrected chi connectivity index (χ3v) is 6.28. The lowest BCUT2D eigenvalue weighted by molar-refractivity contribution is 0.101. The van der Waals surface area contributed by atoms with Crippen LogP contribution in [0.4, 0.5) is 4.79 Å². The maximum Gasteiger partial charge on any atom is 0.409 e. The van der Waals surface area contributed by atoms with Crippen LogP contribution in [0.1, 0.15) is 43.6 Å². The molecule has 33 heavy (non-hydrogen) atoms. The molecule has 3 heterocycles. The van der Waals surface area contributed by atoms with Crippen LogP contribution < -0.4 is 14.9 Å². The highest BCUT2D eigenvalue weighted by Gasteiger charge is 2.27. The number of ketones is 1. The SMILES string of the molecule is CC(=O)c1cn2c(cc1=O)-c1cc(Cl)c(OCCCN3CCOC3=O)cc1OC[C@H]2C(C)C. The fraction of sp³-hybridized carbons (Fsp3) is 0.458. The summed E-state index contributed by atoms with van der Waals surface area (Å²) in [5.41, 5.74) is 1.14. The lowest BCUT2D eigenvalue weighted by atomic mass is 10.0. The number of aromatic nitrogens is 1. The largest absolute Gasteiger partial charge is 0.492 e. The van der Waals surface area contributed by atoms with Crippen molar-refractivity contribution in [2.45, 2.75) is 33.2 Å². The lowest BCUT2D eigenvalue weighted by Crippen LogP contribution is -2.26. The van der Waals surface area contributed by atoms with Crippen LogP contribution >= 0.6 is 11.6 Å². The summed E-state index contributed by atoms with van der Waals surface area (Å²) in [6.07, 6.45) is 1.96. The van der Waals surface area contributed by atoms with E-state index >= 15 is 0 Å². The van der Waals surface area contributed by atoms with Gasteiger partial charge in [0.15, 0.2) is 11.2 Å². The molecule has 0 N–H and O–H groups in total. The number of amides is 1. The standard InChI is InChI=1S/C24H27ClN2O6/c1-14(2)20-13-33-22-11-23(31-7-4-5-26-6-8-32-24(26)30)18(25)9-16(22)19-10-21(29)17(15(3)28)12-27(19)20/h9-12,14,20H,4-8,13H2,1-3H3/t20-/m0/s1. The average Bonchev–Trinajstić information content (AvgIpc) is 3.10. The summed E-state index contributed by atoms with van der Waals surface area (Å²) >= 11 is 6.52. The van der Waals surface area contributed by atoms with Gasteiger partial charge < -0.3 is 23.7 Å². The molecule has 176 valence electrons. The van der Waals surface area contributed by atoms with Crippen molar-refractivity contribution in [2.24, 2.45) is 5.92 Å². The van der Waals surface area contributed by atoms with E-state index in [2.05, 4.69) is 13.8 Å². The van der Waals surface area contributed by atoms with Crippen LogP contribution in [-0.4, -0.2) is 54.3 Å². The minimum absolute atomic E-state index is 0.0746. The third kappa shape index (κ3) is 4.71. The quantitative estimate of drug-likeness (QED) is 0.442. The molecule has 2 aliphatic heterocycles. The number of pyridine rings is 1. The van der Waals surface area contributed by atoms with Gasteiger partial charge >= 0.3 is 6.09 Å². The molecule has 1 aromatic carbocycles. The molecule has 1 aromatic heterocycles. The summed E-state index contributed by atoms with van der Waals surface area (Å²) in [5.74, 6) is 0.956. The first-order chi connectivity index (χ1) is 15.8. The van der Waals surface area contributed by atoms with E-state index < -0.39 is 0 Å². The zero-order valence-electron chi connectivity index (χ0n) is 18.9. The van der Waals surface area contributed by atoms with Crippen molar-refractivity contribution in [3.63, 3.8) is 0 Å². The van der Waals surface area contributed by atoms with Crippen molar-refractivity contribution >= 4 is 23.5 Å². The van der Waals surface area contributed by atoms with Gasteiger partial charge in [0.25, 0.3) is 0 Å². The van der Waals surface area contributed by atoms with Crippen molar-refractivity contribution in [3.8, 4) is 22.8 Å². The van der Waals surface area contributed by atoms with Crippen LogP contribution in [0.5, 0.6) is 11.5 Å². The first-order valence-electron chi connectivity index (χ1n) is 11.0. The number of nitrogens with zero attached hydrogens (tertiary/aromatic N) is 2. The van der Waals surface area contributed by atoms with Gasteiger partial charge in [-0.3, -0.25) is 9.59 Å². The molecule has 0 aliphatic carbocycles. The molecule has 4 rings (SSSR count). The van der Waals surface area contributed by atoms with Crippen LogP contribution in [0.15, 0.2) is 29.2 Å². The van der Waals surface area contributed by atoms with Gasteiger partial charge in [0.2, 0.25) is 0 Å². The first-order valence-corrected chi connectivity index (χ1v) is 11.4. The summed E-state index contributed by atoms with van der Waals surface area (Å²) < 4.78 is 18.9. The maximum atomic E-state index is 12.6. The van der Waals surface area contributed by atoms with E-state index in [1.165, 1.54) is 13.0 Å². The molecule has 1 amide bonds. The van der Waals surface area contributed by atoms with Crippen LogP contribution in [0.3, 0.4) is 0 Å². The number of rotatable bonds is 7. The number of hydrogen-bond donors (Lipinski definition) is 0. The molecule has 1 fully saturated rings. The highest BCUT2D eigenvalue weighted by Crippen LogP contribution is 2.42. The topological polar surface area (TPSA) is 87.1 Å². The molecular weight excluding hydrogens is 448 g/mol. The molecule has 8 nitrogen and oxygen atoms in total. The van der Waals surface area contributed by atoms with Gasteiger partial charge in [0.1, 0.15) is 24.7 Å². The van der Waals surface area contributed by atoms with Crippen LogP contribution in [-0.2, 0) is 4.74 Å². The predicted octanol–water partition coefficient (Wildman–Crippen LogP) is 4.18. The van der Waals surface area contributed by atoms with Crippen molar-refractivity contribution in [1.82, 2.24) is 9.47 Å². The molecule has 0 saturated carbocycles. The van der Waals surface area contributed by atoms with Gasteiger partial charge in [0, 0.05) is 30.4 Å². The van der Waals surface area contributed by atoms with E-state index in [1.54, 1.807) is 23.2 Å². The van der Waals surface area contributed by atoms with E-state index in [0.29, 0.717) is 67.1 Å². The van der Waals surface area contributed by atoms with Gasteiger partial charge in [-0.05, 0) is 25.3 Å². The molecule has 0 unspecified atom stereocenters. The Morgan fingerprint density at radius 2 is 2.03 bits per heavy atom. The molecule has 9 heteroatoms. The number of cyclic esters (lactones) is 1. The van der Waals surface area contributed by atoms with Gasteiger partial charge in [0.05, 0.1) is 35.5 Å². The second-order valence-electron chi connectivity index (χ2n) is 8.60. The number of Topliss-reactive ketones (excluding diaryl/α,β-unsaturated/α-hetero) is 1. The van der Waals surface area contributed by atoms with E-state index in [0.717, 1.165) is 0 Å². The molecule has 2 aromatic rings. The summed E-state index contributed by atoms with van der Waals surface area (Å²) in [7, 11) is 0. The summed E-state index contributed by atoms with van der Waals surface area (Å²) in [6.45, 7) is 7.82. The van der Waals surface area contributed by atoms with Crippen molar-refractivity contribution in [2.75, 3.05) is 32.9 Å². The normalized spacial score (nSPS) is 17.2. The number of benzene rings is 1. The summed E-state index contributed by atoms with van der Waals surface area (Å²) in [6, 6.07) is 4.87. The Hall–Kier alpha value is -3.00. The molecule has 0 bridgehead atoms. The Labute approximate surface area is 197 Å². The number of carbonyl (C=O) groups is 2. The fourth-order valence-corrected chi connectivity index (χ4v) is 4.32. The average molecular weight is 475 g/mol. The van der Waals surface area contributed by atoms with Gasteiger partial charge in [-0.2, -0.15) is 0 Å². The first kappa shape index (κ1) is 23.2. The molecule has 2 aliphatic rings. The number of halogens is 1. The van der Waals surface area contributed by atoms with Crippen molar-refractivity contribution < 1.29 is 23.8 Å². The maximum absolute atomic E-state index is 12.6. The van der Waals surface area contributed by atoms with Crippen LogP contribution in [0.25, 0.3) is 11.3 Å². The highest BCUT2D eigenvalue weighted by atomic mass is 35.5. The number of ether oxygens (including phenoxy) is 3. The Bertz CT molecular complexity index is 1140. The fourth-order valence-electron chi connectivity index (χ4n) is 4.10. The minimum Gasteiger partial charge on any atom is -0.492 e. The number of carbonyl (C=O) groups excluding carboxylic acids is 2.